The standard InChI is InChI=1S/C50H36N6/c1-30-13-17-35(18-14-30)37-21-23-45-41(27-37)39-9-5-7-11-43(39)55(45)47-25-34(29-51)26-48(49(47)50-53-32(3)52-33(4)54-50)56-44-12-8-6-10-40(44)42-28-38(22-24-46(42)56)36-19-15-31(2)16-20-36/h5-28H,1-4H3. The van der Waals surface area contributed by atoms with Crippen LogP contribution < -0.4 is 0 Å². The number of benzene rings is 7. The first-order valence-electron chi connectivity index (χ1n) is 18.8. The van der Waals surface area contributed by atoms with Gasteiger partial charge in [0.25, 0.3) is 0 Å². The van der Waals surface area contributed by atoms with E-state index in [9.17, 15) is 5.26 Å². The highest BCUT2D eigenvalue weighted by atomic mass is 15.1. The molecule has 3 heterocycles. The lowest BCUT2D eigenvalue weighted by Crippen LogP contribution is -2.08. The normalized spacial score (nSPS) is 11.6. The molecule has 10 aromatic rings. The molecule has 0 aliphatic rings. The zero-order valence-corrected chi connectivity index (χ0v) is 31.5. The number of aryl methyl sites for hydroxylation is 4. The smallest absolute Gasteiger partial charge is 0.167 e. The Morgan fingerprint density at radius 1 is 0.429 bits per heavy atom. The van der Waals surface area contributed by atoms with Gasteiger partial charge in [-0.05, 0) is 98.5 Å². The highest BCUT2D eigenvalue weighted by Gasteiger charge is 2.25. The SMILES string of the molecule is Cc1ccc(-c2ccc3c(c2)c2ccccc2n3-c2cc(C#N)cc(-n3c4ccccc4c4cc(-c5ccc(C)cc5)ccc43)c2-c2nc(C)nc(C)n2)cc1. The summed E-state index contributed by atoms with van der Waals surface area (Å²) in [5.41, 5.74) is 14.2. The van der Waals surface area contributed by atoms with Gasteiger partial charge >= 0.3 is 0 Å². The van der Waals surface area contributed by atoms with E-state index in [2.05, 4.69) is 167 Å². The van der Waals surface area contributed by atoms with Gasteiger partial charge in [0.2, 0.25) is 0 Å². The topological polar surface area (TPSA) is 72.3 Å². The summed E-state index contributed by atoms with van der Waals surface area (Å²) < 4.78 is 4.56. The fourth-order valence-electron chi connectivity index (χ4n) is 8.30. The fourth-order valence-corrected chi connectivity index (χ4v) is 8.30. The third kappa shape index (κ3) is 5.36. The number of hydrogen-bond donors (Lipinski definition) is 0. The van der Waals surface area contributed by atoms with Crippen LogP contribution in [-0.2, 0) is 0 Å². The quantitative estimate of drug-likeness (QED) is 0.177. The maximum absolute atomic E-state index is 10.7. The van der Waals surface area contributed by atoms with Gasteiger partial charge in [0.1, 0.15) is 11.6 Å². The summed E-state index contributed by atoms with van der Waals surface area (Å²) in [5.74, 6) is 1.81. The van der Waals surface area contributed by atoms with Crippen LogP contribution in [0.2, 0.25) is 0 Å². The minimum absolute atomic E-state index is 0.533. The molecule has 6 heteroatoms. The highest BCUT2D eigenvalue weighted by Crippen LogP contribution is 2.43. The molecule has 0 spiro atoms. The number of aromatic nitrogens is 5. The van der Waals surface area contributed by atoms with E-state index >= 15 is 0 Å². The molecule has 0 aliphatic carbocycles. The van der Waals surface area contributed by atoms with Crippen LogP contribution in [0, 0.1) is 39.0 Å². The molecule has 0 aliphatic heterocycles. The first kappa shape index (κ1) is 33.2. The van der Waals surface area contributed by atoms with E-state index in [0.29, 0.717) is 23.0 Å². The Hall–Kier alpha value is -7.36. The van der Waals surface area contributed by atoms with E-state index in [0.717, 1.165) is 82.8 Å². The van der Waals surface area contributed by atoms with Crippen LogP contribution in [0.3, 0.4) is 0 Å². The Kier molecular flexibility index (Phi) is 7.65. The molecule has 0 amide bonds. The average molecular weight is 721 g/mol. The molecule has 0 atom stereocenters. The number of rotatable bonds is 5. The molecule has 10 rings (SSSR count). The van der Waals surface area contributed by atoms with Crippen molar-refractivity contribution >= 4 is 43.6 Å². The Labute approximate surface area is 324 Å². The lowest BCUT2D eigenvalue weighted by molar-refractivity contribution is 0.924. The Bertz CT molecular complexity index is 3030. The summed E-state index contributed by atoms with van der Waals surface area (Å²) in [6.07, 6.45) is 0. The summed E-state index contributed by atoms with van der Waals surface area (Å²) in [6, 6.07) is 54.1. The highest BCUT2D eigenvalue weighted by molar-refractivity contribution is 6.13. The van der Waals surface area contributed by atoms with Gasteiger partial charge in [-0.15, -0.1) is 0 Å². The van der Waals surface area contributed by atoms with Gasteiger partial charge in [-0.25, -0.2) is 15.0 Å². The first-order valence-corrected chi connectivity index (χ1v) is 18.8. The van der Waals surface area contributed by atoms with E-state index in [1.807, 2.05) is 26.0 Å². The van der Waals surface area contributed by atoms with Crippen LogP contribution in [0.1, 0.15) is 28.3 Å². The fraction of sp³-hybridized carbons (Fsp3) is 0.0800. The summed E-state index contributed by atoms with van der Waals surface area (Å²) in [5, 5.41) is 15.2. The van der Waals surface area contributed by atoms with Gasteiger partial charge in [-0.3, -0.25) is 0 Å². The first-order chi connectivity index (χ1) is 27.3. The molecule has 0 radical (unpaired) electrons. The largest absolute Gasteiger partial charge is 0.308 e. The Balaban J connectivity index is 1.32. The molecule has 0 bridgehead atoms. The van der Waals surface area contributed by atoms with Crippen molar-refractivity contribution in [3.05, 3.63) is 174 Å². The third-order valence-corrected chi connectivity index (χ3v) is 10.9. The number of fused-ring (bicyclic) bond motifs is 6. The van der Waals surface area contributed by atoms with Gasteiger partial charge in [0, 0.05) is 21.5 Å². The number of nitrogens with zero attached hydrogens (tertiary/aromatic N) is 6. The molecule has 56 heavy (non-hydrogen) atoms. The molecule has 0 fully saturated rings. The van der Waals surface area contributed by atoms with Gasteiger partial charge < -0.3 is 9.13 Å². The molecular formula is C50H36N6. The van der Waals surface area contributed by atoms with Crippen molar-refractivity contribution in [2.45, 2.75) is 27.7 Å². The number of hydrogen-bond acceptors (Lipinski definition) is 4. The molecular weight excluding hydrogens is 685 g/mol. The lowest BCUT2D eigenvalue weighted by atomic mass is 10.0. The van der Waals surface area contributed by atoms with Crippen molar-refractivity contribution in [1.82, 2.24) is 24.1 Å². The summed E-state index contributed by atoms with van der Waals surface area (Å²) >= 11 is 0. The monoisotopic (exact) mass is 720 g/mol. The van der Waals surface area contributed by atoms with E-state index in [1.165, 1.54) is 11.1 Å². The van der Waals surface area contributed by atoms with Crippen LogP contribution in [0.4, 0.5) is 0 Å². The second-order valence-electron chi connectivity index (χ2n) is 14.7. The van der Waals surface area contributed by atoms with Crippen LogP contribution in [0.25, 0.3) is 88.6 Å². The minimum Gasteiger partial charge on any atom is -0.308 e. The lowest BCUT2D eigenvalue weighted by Gasteiger charge is -2.20. The van der Waals surface area contributed by atoms with E-state index in [1.54, 1.807) is 0 Å². The van der Waals surface area contributed by atoms with Crippen LogP contribution in [0.5, 0.6) is 0 Å². The summed E-state index contributed by atoms with van der Waals surface area (Å²) in [4.78, 5) is 14.6. The van der Waals surface area contributed by atoms with Crippen molar-refractivity contribution in [2.75, 3.05) is 0 Å². The molecule has 0 unspecified atom stereocenters. The predicted molar refractivity (Wildman–Crippen MR) is 228 cm³/mol. The van der Waals surface area contributed by atoms with Crippen molar-refractivity contribution < 1.29 is 0 Å². The molecule has 0 N–H and O–H groups in total. The number of para-hydroxylation sites is 2. The van der Waals surface area contributed by atoms with Crippen molar-refractivity contribution in [2.24, 2.45) is 0 Å². The Morgan fingerprint density at radius 2 is 0.839 bits per heavy atom. The van der Waals surface area contributed by atoms with E-state index < -0.39 is 0 Å². The van der Waals surface area contributed by atoms with Gasteiger partial charge in [-0.1, -0.05) is 108 Å². The van der Waals surface area contributed by atoms with Crippen molar-refractivity contribution in [3.63, 3.8) is 0 Å². The van der Waals surface area contributed by atoms with E-state index in [4.69, 9.17) is 9.97 Å². The van der Waals surface area contributed by atoms with Crippen molar-refractivity contribution in [3.8, 4) is 51.1 Å². The molecule has 7 aromatic carbocycles. The van der Waals surface area contributed by atoms with Crippen molar-refractivity contribution in [1.29, 1.82) is 5.26 Å². The summed E-state index contributed by atoms with van der Waals surface area (Å²) in [6.45, 7) is 8.03. The zero-order valence-electron chi connectivity index (χ0n) is 31.5. The van der Waals surface area contributed by atoms with Crippen LogP contribution >= 0.6 is 0 Å². The van der Waals surface area contributed by atoms with Crippen LogP contribution in [-0.4, -0.2) is 24.1 Å². The second-order valence-corrected chi connectivity index (χ2v) is 14.7. The molecule has 3 aromatic heterocycles. The second kappa shape index (κ2) is 12.9. The third-order valence-electron chi connectivity index (χ3n) is 10.9. The van der Waals surface area contributed by atoms with Gasteiger partial charge in [0.05, 0.1) is 50.6 Å². The average Bonchev–Trinajstić information content (AvgIpc) is 3.72. The molecule has 0 saturated heterocycles. The minimum atomic E-state index is 0.533. The molecule has 266 valence electrons. The summed E-state index contributed by atoms with van der Waals surface area (Å²) in [7, 11) is 0. The van der Waals surface area contributed by atoms with Crippen LogP contribution in [0.15, 0.2) is 146 Å². The van der Waals surface area contributed by atoms with Gasteiger partial charge in [-0.2, -0.15) is 5.26 Å². The number of nitriles is 1. The Morgan fingerprint density at radius 3 is 1.29 bits per heavy atom. The zero-order chi connectivity index (χ0) is 38.1. The predicted octanol–water partition coefficient (Wildman–Crippen LogP) is 12.2. The van der Waals surface area contributed by atoms with Gasteiger partial charge in [0.15, 0.2) is 5.82 Å². The molecule has 6 nitrogen and oxygen atoms in total. The molecule has 0 saturated carbocycles. The maximum atomic E-state index is 10.7. The van der Waals surface area contributed by atoms with E-state index in [-0.39, 0.29) is 0 Å². The maximum Gasteiger partial charge on any atom is 0.167 e.